The summed E-state index contributed by atoms with van der Waals surface area (Å²) in [7, 11) is -2.77. The van der Waals surface area contributed by atoms with E-state index in [0.29, 0.717) is 18.1 Å². The summed E-state index contributed by atoms with van der Waals surface area (Å²) in [4.78, 5) is 2.13. The van der Waals surface area contributed by atoms with Gasteiger partial charge in [-0.25, -0.2) is 8.42 Å². The Morgan fingerprint density at radius 2 is 2.08 bits per heavy atom. The van der Waals surface area contributed by atoms with Gasteiger partial charge in [0.2, 0.25) is 0 Å². The molecule has 1 heterocycles. The summed E-state index contributed by atoms with van der Waals surface area (Å²) in [5.41, 5.74) is 5.65. The summed E-state index contributed by atoms with van der Waals surface area (Å²) in [6, 6.07) is 0.126. The molecule has 0 bridgehead atoms. The molecule has 1 aliphatic heterocycles. The lowest BCUT2D eigenvalue weighted by Gasteiger charge is -2.20. The van der Waals surface area contributed by atoms with Crippen LogP contribution in [0.1, 0.15) is 13.3 Å². The standard InChI is InChI=1S/C8H18N2O2S/c1-8(9)7-10-3-2-5-13(11,12)6-4-10/h8H,2-7,9H2,1H3. The van der Waals surface area contributed by atoms with E-state index in [2.05, 4.69) is 4.90 Å². The van der Waals surface area contributed by atoms with E-state index in [9.17, 15) is 8.42 Å². The van der Waals surface area contributed by atoms with Crippen LogP contribution in [0.15, 0.2) is 0 Å². The van der Waals surface area contributed by atoms with Gasteiger partial charge in [0.1, 0.15) is 0 Å². The third kappa shape index (κ3) is 4.06. The van der Waals surface area contributed by atoms with E-state index in [1.807, 2.05) is 6.92 Å². The second-order valence-corrected chi connectivity index (χ2v) is 6.09. The van der Waals surface area contributed by atoms with Crippen molar-refractivity contribution in [3.63, 3.8) is 0 Å². The summed E-state index contributed by atoms with van der Waals surface area (Å²) in [5, 5.41) is 0. The van der Waals surface area contributed by atoms with Crippen LogP contribution in [0, 0.1) is 0 Å². The van der Waals surface area contributed by atoms with Gasteiger partial charge in [-0.2, -0.15) is 0 Å². The Morgan fingerprint density at radius 1 is 1.38 bits per heavy atom. The molecule has 0 aliphatic carbocycles. The molecule has 78 valence electrons. The van der Waals surface area contributed by atoms with Gasteiger partial charge in [-0.3, -0.25) is 0 Å². The zero-order chi connectivity index (χ0) is 9.90. The van der Waals surface area contributed by atoms with Crippen molar-refractivity contribution in [3.05, 3.63) is 0 Å². The highest BCUT2D eigenvalue weighted by Gasteiger charge is 2.19. The number of sulfone groups is 1. The topological polar surface area (TPSA) is 63.4 Å². The first-order valence-electron chi connectivity index (χ1n) is 4.68. The summed E-state index contributed by atoms with van der Waals surface area (Å²) >= 11 is 0. The second kappa shape index (κ2) is 4.39. The van der Waals surface area contributed by atoms with Gasteiger partial charge in [0.25, 0.3) is 0 Å². The molecule has 1 aliphatic rings. The van der Waals surface area contributed by atoms with E-state index in [1.54, 1.807) is 0 Å². The molecule has 0 aromatic rings. The van der Waals surface area contributed by atoms with Crippen molar-refractivity contribution < 1.29 is 8.42 Å². The van der Waals surface area contributed by atoms with Crippen LogP contribution in [-0.2, 0) is 9.84 Å². The maximum atomic E-state index is 11.2. The maximum absolute atomic E-state index is 11.2. The molecule has 0 spiro atoms. The minimum Gasteiger partial charge on any atom is -0.327 e. The average molecular weight is 206 g/mol. The molecule has 0 saturated carbocycles. The lowest BCUT2D eigenvalue weighted by atomic mass is 10.3. The Labute approximate surface area is 80.0 Å². The minimum absolute atomic E-state index is 0.126. The minimum atomic E-state index is -2.77. The Balaban J connectivity index is 2.45. The largest absolute Gasteiger partial charge is 0.327 e. The molecule has 5 heteroatoms. The molecular weight excluding hydrogens is 188 g/mol. The van der Waals surface area contributed by atoms with E-state index in [4.69, 9.17) is 5.73 Å². The van der Waals surface area contributed by atoms with Crippen molar-refractivity contribution in [3.8, 4) is 0 Å². The molecule has 13 heavy (non-hydrogen) atoms. The van der Waals surface area contributed by atoms with Gasteiger partial charge < -0.3 is 10.6 Å². The first kappa shape index (κ1) is 10.9. The maximum Gasteiger partial charge on any atom is 0.151 e. The van der Waals surface area contributed by atoms with Gasteiger partial charge in [0.15, 0.2) is 9.84 Å². The Kier molecular flexibility index (Phi) is 3.70. The quantitative estimate of drug-likeness (QED) is 0.659. The van der Waals surface area contributed by atoms with Crippen molar-refractivity contribution >= 4 is 9.84 Å². The third-order valence-electron chi connectivity index (χ3n) is 2.19. The van der Waals surface area contributed by atoms with Gasteiger partial charge in [-0.05, 0) is 19.9 Å². The SMILES string of the molecule is CC(N)CN1CCCS(=O)(=O)CC1. The van der Waals surface area contributed by atoms with Crippen molar-refractivity contribution in [1.29, 1.82) is 0 Å². The molecule has 2 N–H and O–H groups in total. The highest BCUT2D eigenvalue weighted by Crippen LogP contribution is 2.04. The molecule has 1 atom stereocenters. The summed E-state index contributed by atoms with van der Waals surface area (Å²) < 4.78 is 22.5. The van der Waals surface area contributed by atoms with Gasteiger partial charge >= 0.3 is 0 Å². The van der Waals surface area contributed by atoms with Gasteiger partial charge in [0, 0.05) is 19.1 Å². The van der Waals surface area contributed by atoms with Gasteiger partial charge in [-0.1, -0.05) is 0 Å². The molecule has 1 rings (SSSR count). The number of nitrogens with zero attached hydrogens (tertiary/aromatic N) is 1. The fourth-order valence-electron chi connectivity index (χ4n) is 1.58. The van der Waals surface area contributed by atoms with E-state index in [0.717, 1.165) is 19.5 Å². The highest BCUT2D eigenvalue weighted by molar-refractivity contribution is 7.91. The van der Waals surface area contributed by atoms with Crippen molar-refractivity contribution in [1.82, 2.24) is 4.90 Å². The van der Waals surface area contributed by atoms with E-state index in [1.165, 1.54) is 0 Å². The molecule has 0 aromatic carbocycles. The van der Waals surface area contributed by atoms with E-state index < -0.39 is 9.84 Å². The number of hydrogen-bond acceptors (Lipinski definition) is 4. The Hall–Kier alpha value is -0.130. The van der Waals surface area contributed by atoms with Crippen molar-refractivity contribution in [2.75, 3.05) is 31.1 Å². The molecule has 1 unspecified atom stereocenters. The lowest BCUT2D eigenvalue weighted by Crippen LogP contribution is -2.37. The van der Waals surface area contributed by atoms with Gasteiger partial charge in [0.05, 0.1) is 11.5 Å². The molecular formula is C8H18N2O2S. The first-order chi connectivity index (χ1) is 5.99. The van der Waals surface area contributed by atoms with Crippen LogP contribution in [-0.4, -0.2) is 50.5 Å². The molecule has 0 amide bonds. The van der Waals surface area contributed by atoms with Crippen LogP contribution < -0.4 is 5.73 Å². The predicted molar refractivity (Wildman–Crippen MR) is 53.4 cm³/mol. The zero-order valence-corrected chi connectivity index (χ0v) is 8.89. The number of hydrogen-bond donors (Lipinski definition) is 1. The first-order valence-corrected chi connectivity index (χ1v) is 6.50. The zero-order valence-electron chi connectivity index (χ0n) is 8.07. The number of nitrogens with two attached hydrogens (primary N) is 1. The summed E-state index contributed by atoms with van der Waals surface area (Å²) in [6.45, 7) is 4.25. The highest BCUT2D eigenvalue weighted by atomic mass is 32.2. The van der Waals surface area contributed by atoms with E-state index in [-0.39, 0.29) is 6.04 Å². The van der Waals surface area contributed by atoms with Crippen molar-refractivity contribution in [2.45, 2.75) is 19.4 Å². The lowest BCUT2D eigenvalue weighted by molar-refractivity contribution is 0.281. The predicted octanol–water partition coefficient (Wildman–Crippen LogP) is -0.546. The monoisotopic (exact) mass is 206 g/mol. The van der Waals surface area contributed by atoms with E-state index >= 15 is 0 Å². The Morgan fingerprint density at radius 3 is 2.69 bits per heavy atom. The van der Waals surface area contributed by atoms with Crippen LogP contribution in [0.25, 0.3) is 0 Å². The second-order valence-electron chi connectivity index (χ2n) is 3.78. The normalized spacial score (nSPS) is 26.6. The third-order valence-corrected chi connectivity index (χ3v) is 3.91. The van der Waals surface area contributed by atoms with Crippen LogP contribution in [0.4, 0.5) is 0 Å². The van der Waals surface area contributed by atoms with Crippen LogP contribution in [0.3, 0.4) is 0 Å². The fourth-order valence-corrected chi connectivity index (χ4v) is 2.89. The van der Waals surface area contributed by atoms with Crippen LogP contribution >= 0.6 is 0 Å². The van der Waals surface area contributed by atoms with Crippen LogP contribution in [0.5, 0.6) is 0 Å². The molecule has 4 nitrogen and oxygen atoms in total. The van der Waals surface area contributed by atoms with Gasteiger partial charge in [-0.15, -0.1) is 0 Å². The molecule has 1 fully saturated rings. The van der Waals surface area contributed by atoms with Crippen molar-refractivity contribution in [2.24, 2.45) is 5.73 Å². The smallest absolute Gasteiger partial charge is 0.151 e. The van der Waals surface area contributed by atoms with Crippen LogP contribution in [0.2, 0.25) is 0 Å². The number of rotatable bonds is 2. The summed E-state index contributed by atoms with van der Waals surface area (Å²) in [6.07, 6.45) is 0.745. The molecule has 0 radical (unpaired) electrons. The molecule has 0 aromatic heterocycles. The summed E-state index contributed by atoms with van der Waals surface area (Å²) in [5.74, 6) is 0.627. The fraction of sp³-hybridized carbons (Fsp3) is 1.00. The molecule has 1 saturated heterocycles. The Bertz CT molecular complexity index is 249. The average Bonchev–Trinajstić information content (AvgIpc) is 2.12.